The maximum absolute atomic E-state index is 11.6. The highest BCUT2D eigenvalue weighted by Crippen LogP contribution is 2.16. The van der Waals surface area contributed by atoms with E-state index < -0.39 is 11.4 Å². The summed E-state index contributed by atoms with van der Waals surface area (Å²) in [7, 11) is 0. The molecular weight excluding hydrogens is 226 g/mol. The zero-order valence-electron chi connectivity index (χ0n) is 9.23. The fourth-order valence-electron chi connectivity index (χ4n) is 1.52. The molecule has 2 heterocycles. The van der Waals surface area contributed by atoms with Gasteiger partial charge in [-0.15, -0.1) is 11.3 Å². The van der Waals surface area contributed by atoms with Gasteiger partial charge >= 0.3 is 11.4 Å². The first-order chi connectivity index (χ1) is 7.59. The predicted molar refractivity (Wildman–Crippen MR) is 64.1 cm³/mol. The largest absolute Gasteiger partial charge is 0.422 e. The van der Waals surface area contributed by atoms with Crippen molar-refractivity contribution in [3.63, 3.8) is 0 Å². The zero-order chi connectivity index (χ0) is 11.7. The highest BCUT2D eigenvalue weighted by Gasteiger charge is 2.10. The normalized spacial score (nSPS) is 11.4. The van der Waals surface area contributed by atoms with E-state index in [0.29, 0.717) is 22.7 Å². The van der Waals surface area contributed by atoms with Gasteiger partial charge in [-0.2, -0.15) is 0 Å². The van der Waals surface area contributed by atoms with Crippen LogP contribution in [0.15, 0.2) is 25.5 Å². The molecule has 2 aromatic heterocycles. The molecule has 2 rings (SSSR count). The molecule has 86 valence electrons. The molecule has 0 fully saturated rings. The van der Waals surface area contributed by atoms with Crippen LogP contribution < -0.4 is 11.4 Å². The van der Waals surface area contributed by atoms with Gasteiger partial charge in [-0.1, -0.05) is 13.8 Å². The summed E-state index contributed by atoms with van der Waals surface area (Å²) in [6, 6.07) is 1.69. The molecule has 16 heavy (non-hydrogen) atoms. The van der Waals surface area contributed by atoms with Crippen molar-refractivity contribution in [2.45, 2.75) is 26.8 Å². The van der Waals surface area contributed by atoms with Crippen molar-refractivity contribution in [2.75, 3.05) is 0 Å². The molecule has 0 saturated carbocycles. The van der Waals surface area contributed by atoms with Gasteiger partial charge in [0.25, 0.3) is 0 Å². The first-order valence-electron chi connectivity index (χ1n) is 5.20. The van der Waals surface area contributed by atoms with Crippen LogP contribution in [0.1, 0.15) is 20.3 Å². The molecular formula is C11H13NO3S. The Hall–Kier alpha value is -1.36. The Morgan fingerprint density at radius 3 is 2.88 bits per heavy atom. The quantitative estimate of drug-likeness (QED) is 0.823. The number of nitrogens with zero attached hydrogens (tertiary/aromatic N) is 1. The summed E-state index contributed by atoms with van der Waals surface area (Å²) in [5.41, 5.74) is -0.540. The predicted octanol–water partition coefficient (Wildman–Crippen LogP) is 2.06. The lowest BCUT2D eigenvalue weighted by Gasteiger charge is -2.07. The van der Waals surface area contributed by atoms with Crippen molar-refractivity contribution in [2.24, 2.45) is 5.92 Å². The van der Waals surface area contributed by atoms with Gasteiger partial charge in [-0.25, -0.2) is 9.59 Å². The summed E-state index contributed by atoms with van der Waals surface area (Å²) in [6.07, 6.45) is 0.890. The fraction of sp³-hybridized carbons (Fsp3) is 0.455. The average Bonchev–Trinajstić information content (AvgIpc) is 2.65. The molecule has 0 bridgehead atoms. The Labute approximate surface area is 96.1 Å². The molecule has 4 nitrogen and oxygen atoms in total. The maximum atomic E-state index is 11.6. The van der Waals surface area contributed by atoms with Crippen molar-refractivity contribution >= 4 is 21.6 Å². The van der Waals surface area contributed by atoms with Gasteiger partial charge in [-0.05, 0) is 23.8 Å². The van der Waals surface area contributed by atoms with E-state index in [1.807, 2.05) is 0 Å². The van der Waals surface area contributed by atoms with E-state index in [4.69, 9.17) is 0 Å². The first kappa shape index (κ1) is 11.1. The molecule has 0 N–H and O–H groups in total. The van der Waals surface area contributed by atoms with Gasteiger partial charge < -0.3 is 4.42 Å². The minimum absolute atomic E-state index is 0.494. The zero-order valence-corrected chi connectivity index (χ0v) is 10.0. The molecule has 0 aromatic carbocycles. The van der Waals surface area contributed by atoms with Crippen LogP contribution in [0.2, 0.25) is 0 Å². The van der Waals surface area contributed by atoms with E-state index in [0.717, 1.165) is 6.42 Å². The number of fused-ring (bicyclic) bond motifs is 1. The van der Waals surface area contributed by atoms with Crippen molar-refractivity contribution < 1.29 is 4.42 Å². The summed E-state index contributed by atoms with van der Waals surface area (Å²) >= 11 is 1.40. The van der Waals surface area contributed by atoms with Crippen LogP contribution in [-0.2, 0) is 6.54 Å². The van der Waals surface area contributed by atoms with Crippen LogP contribution in [0.4, 0.5) is 0 Å². The Balaban J connectivity index is 2.55. The van der Waals surface area contributed by atoms with Gasteiger partial charge in [0.1, 0.15) is 4.83 Å². The molecule has 5 heteroatoms. The topological polar surface area (TPSA) is 52.2 Å². The van der Waals surface area contributed by atoms with Crippen molar-refractivity contribution in [1.82, 2.24) is 4.57 Å². The van der Waals surface area contributed by atoms with Gasteiger partial charge in [0, 0.05) is 6.54 Å². The second kappa shape index (κ2) is 4.25. The van der Waals surface area contributed by atoms with Crippen molar-refractivity contribution in [3.05, 3.63) is 32.4 Å². The Kier molecular flexibility index (Phi) is 2.96. The first-order valence-corrected chi connectivity index (χ1v) is 6.08. The number of thiophene rings is 1. The molecule has 0 aliphatic rings. The van der Waals surface area contributed by atoms with E-state index in [9.17, 15) is 9.59 Å². The van der Waals surface area contributed by atoms with Gasteiger partial charge in [0.05, 0.1) is 5.39 Å². The number of hydrogen-bond acceptors (Lipinski definition) is 4. The second-order valence-corrected chi connectivity index (χ2v) is 5.02. The minimum Gasteiger partial charge on any atom is -0.372 e. The van der Waals surface area contributed by atoms with Crippen LogP contribution in [0.25, 0.3) is 10.2 Å². The summed E-state index contributed by atoms with van der Waals surface area (Å²) in [5, 5.41) is 2.29. The third kappa shape index (κ3) is 1.95. The lowest BCUT2D eigenvalue weighted by molar-refractivity contribution is 0.401. The fourth-order valence-corrected chi connectivity index (χ4v) is 2.42. The minimum atomic E-state index is -0.555. The average molecular weight is 239 g/mol. The third-order valence-corrected chi connectivity index (χ3v) is 3.38. The molecule has 0 aliphatic heterocycles. The molecule has 2 aromatic rings. The Morgan fingerprint density at radius 2 is 2.19 bits per heavy atom. The van der Waals surface area contributed by atoms with Crippen LogP contribution in [0, 0.1) is 5.92 Å². The van der Waals surface area contributed by atoms with Crippen LogP contribution >= 0.6 is 11.3 Å². The smallest absolute Gasteiger partial charge is 0.372 e. The molecule has 0 aliphatic carbocycles. The number of rotatable bonds is 3. The van der Waals surface area contributed by atoms with E-state index in [1.165, 1.54) is 11.3 Å². The van der Waals surface area contributed by atoms with E-state index in [-0.39, 0.29) is 0 Å². The Morgan fingerprint density at radius 1 is 1.44 bits per heavy atom. The lowest BCUT2D eigenvalue weighted by atomic mass is 10.1. The second-order valence-electron chi connectivity index (χ2n) is 4.13. The number of aryl methyl sites for hydroxylation is 1. The van der Waals surface area contributed by atoms with Gasteiger partial charge in [0.2, 0.25) is 0 Å². The monoisotopic (exact) mass is 239 g/mol. The highest BCUT2D eigenvalue weighted by molar-refractivity contribution is 7.16. The SMILES string of the molecule is CC(C)CCn1c(=O)oc(=O)c2ccsc21. The standard InChI is InChI=1S/C11H13NO3S/c1-7(2)3-5-12-9-8(4-6-16-9)10(13)15-11(12)14/h4,6-7H,3,5H2,1-2H3. The molecule has 0 amide bonds. The highest BCUT2D eigenvalue weighted by atomic mass is 32.1. The summed E-state index contributed by atoms with van der Waals surface area (Å²) in [4.78, 5) is 23.7. The third-order valence-electron chi connectivity index (χ3n) is 2.44. The van der Waals surface area contributed by atoms with E-state index >= 15 is 0 Å². The molecule has 0 unspecified atom stereocenters. The summed E-state index contributed by atoms with van der Waals surface area (Å²) in [5.74, 6) is -0.0468. The van der Waals surface area contributed by atoms with Crippen LogP contribution in [0.3, 0.4) is 0 Å². The lowest BCUT2D eigenvalue weighted by Crippen LogP contribution is -2.24. The van der Waals surface area contributed by atoms with Gasteiger partial charge in [0.15, 0.2) is 0 Å². The van der Waals surface area contributed by atoms with Crippen molar-refractivity contribution in [3.8, 4) is 0 Å². The van der Waals surface area contributed by atoms with E-state index in [1.54, 1.807) is 16.0 Å². The number of aromatic nitrogens is 1. The molecule has 0 spiro atoms. The van der Waals surface area contributed by atoms with E-state index in [2.05, 4.69) is 18.3 Å². The molecule has 0 radical (unpaired) electrons. The molecule has 0 atom stereocenters. The van der Waals surface area contributed by atoms with Crippen molar-refractivity contribution in [1.29, 1.82) is 0 Å². The van der Waals surface area contributed by atoms with Crippen LogP contribution in [-0.4, -0.2) is 4.57 Å². The summed E-state index contributed by atoms with van der Waals surface area (Å²) < 4.78 is 6.21. The number of hydrogen-bond donors (Lipinski definition) is 0. The van der Waals surface area contributed by atoms with Gasteiger partial charge in [-0.3, -0.25) is 4.57 Å². The maximum Gasteiger partial charge on any atom is 0.422 e. The Bertz CT molecular complexity index is 605. The van der Waals surface area contributed by atoms with Crippen LogP contribution in [0.5, 0.6) is 0 Å². The molecule has 0 saturated heterocycles. The summed E-state index contributed by atoms with van der Waals surface area (Å²) in [6.45, 7) is 4.78.